The summed E-state index contributed by atoms with van der Waals surface area (Å²) >= 11 is 0. The number of hydrogen-bond donors (Lipinski definition) is 0. The maximum Gasteiger partial charge on any atom is 0.289 e. The summed E-state index contributed by atoms with van der Waals surface area (Å²) in [4.78, 5) is 32.9. The number of hydrogen-bond acceptors (Lipinski definition) is 6. The Bertz CT molecular complexity index is 1200. The first-order valence-corrected chi connectivity index (χ1v) is 11.4. The third-order valence-electron chi connectivity index (χ3n) is 5.31. The van der Waals surface area contributed by atoms with Crippen molar-refractivity contribution in [3.05, 3.63) is 78.5 Å². The molecule has 1 saturated heterocycles. The number of furan rings is 1. The van der Waals surface area contributed by atoms with Crippen LogP contribution in [0.15, 0.2) is 76.4 Å². The molecule has 3 heterocycles. The molecule has 1 aromatic carbocycles. The lowest BCUT2D eigenvalue weighted by molar-refractivity contribution is 0.0515. The van der Waals surface area contributed by atoms with Crippen molar-refractivity contribution in [2.45, 2.75) is 4.90 Å². The molecule has 166 valence electrons. The van der Waals surface area contributed by atoms with E-state index < -0.39 is 10.0 Å². The summed E-state index contributed by atoms with van der Waals surface area (Å²) in [5, 5.41) is 0. The van der Waals surface area contributed by atoms with Gasteiger partial charge >= 0.3 is 0 Å². The monoisotopic (exact) mass is 454 g/mol. The Morgan fingerprint density at radius 2 is 1.59 bits per heavy atom. The second kappa shape index (κ2) is 8.83. The van der Waals surface area contributed by atoms with E-state index in [1.807, 2.05) is 0 Å². The van der Waals surface area contributed by atoms with Gasteiger partial charge in [0.05, 0.1) is 16.8 Å². The van der Waals surface area contributed by atoms with E-state index in [9.17, 15) is 18.0 Å². The first-order valence-electron chi connectivity index (χ1n) is 10.00. The third-order valence-corrected chi connectivity index (χ3v) is 7.11. The van der Waals surface area contributed by atoms with Gasteiger partial charge in [-0.1, -0.05) is 18.2 Å². The number of benzene rings is 1. The summed E-state index contributed by atoms with van der Waals surface area (Å²) in [5.74, 6) is -0.265. The predicted molar refractivity (Wildman–Crippen MR) is 117 cm³/mol. The van der Waals surface area contributed by atoms with Crippen LogP contribution in [0.2, 0.25) is 0 Å². The van der Waals surface area contributed by atoms with Crippen molar-refractivity contribution < 1.29 is 22.4 Å². The quantitative estimate of drug-likeness (QED) is 0.585. The van der Waals surface area contributed by atoms with E-state index >= 15 is 0 Å². The molecule has 4 rings (SSSR count). The molecule has 9 nitrogen and oxygen atoms in total. The fraction of sp³-hybridized carbons (Fsp3) is 0.227. The third kappa shape index (κ3) is 4.22. The topological polar surface area (TPSA) is 104 Å². The first-order chi connectivity index (χ1) is 15.4. The highest BCUT2D eigenvalue weighted by Gasteiger charge is 2.28. The summed E-state index contributed by atoms with van der Waals surface area (Å²) in [6, 6.07) is 14.3. The molecule has 0 aliphatic carbocycles. The summed E-state index contributed by atoms with van der Waals surface area (Å²) < 4.78 is 32.0. The zero-order valence-corrected chi connectivity index (χ0v) is 18.2. The summed E-state index contributed by atoms with van der Waals surface area (Å²) in [7, 11) is -2.33. The first kappa shape index (κ1) is 21.6. The molecule has 0 radical (unpaired) electrons. The molecule has 0 saturated carbocycles. The Labute approximate surface area is 185 Å². The Morgan fingerprint density at radius 1 is 0.938 bits per heavy atom. The van der Waals surface area contributed by atoms with Gasteiger partial charge in [-0.3, -0.25) is 18.9 Å². The molecule has 2 amide bonds. The van der Waals surface area contributed by atoms with Crippen LogP contribution >= 0.6 is 0 Å². The van der Waals surface area contributed by atoms with Gasteiger partial charge < -0.3 is 14.2 Å². The van der Waals surface area contributed by atoms with Gasteiger partial charge in [0.2, 0.25) is 0 Å². The average Bonchev–Trinajstić information content (AvgIpc) is 3.38. The number of carbonyl (C=O) groups excluding carboxylic acids is 2. The number of piperazine rings is 1. The molecule has 32 heavy (non-hydrogen) atoms. The molecule has 2 aromatic heterocycles. The van der Waals surface area contributed by atoms with Crippen molar-refractivity contribution >= 4 is 27.5 Å². The largest absolute Gasteiger partial charge is 0.459 e. The van der Waals surface area contributed by atoms with E-state index in [0.717, 1.165) is 4.31 Å². The maximum absolute atomic E-state index is 13.0. The van der Waals surface area contributed by atoms with Gasteiger partial charge in [-0.15, -0.1) is 0 Å². The Morgan fingerprint density at radius 3 is 2.22 bits per heavy atom. The molecule has 0 N–H and O–H groups in total. The highest BCUT2D eigenvalue weighted by atomic mass is 32.2. The number of anilines is 1. The van der Waals surface area contributed by atoms with Gasteiger partial charge in [-0.05, 0) is 36.4 Å². The number of carbonyl (C=O) groups is 2. The molecule has 10 heteroatoms. The highest BCUT2D eigenvalue weighted by Crippen LogP contribution is 2.22. The molecular weight excluding hydrogens is 432 g/mol. The van der Waals surface area contributed by atoms with Crippen molar-refractivity contribution in [2.75, 3.05) is 37.5 Å². The fourth-order valence-electron chi connectivity index (χ4n) is 3.45. The van der Waals surface area contributed by atoms with Crippen molar-refractivity contribution in [1.29, 1.82) is 0 Å². The van der Waals surface area contributed by atoms with Gasteiger partial charge in [0.25, 0.3) is 21.8 Å². The summed E-state index contributed by atoms with van der Waals surface area (Å²) in [6.07, 6.45) is 2.86. The number of nitrogens with zero attached hydrogens (tertiary/aromatic N) is 4. The van der Waals surface area contributed by atoms with Crippen molar-refractivity contribution in [1.82, 2.24) is 14.8 Å². The molecule has 1 fully saturated rings. The lowest BCUT2D eigenvalue weighted by Gasteiger charge is -2.34. The van der Waals surface area contributed by atoms with E-state index in [2.05, 4.69) is 4.98 Å². The van der Waals surface area contributed by atoms with Gasteiger partial charge in [-0.2, -0.15) is 0 Å². The van der Waals surface area contributed by atoms with Crippen LogP contribution in [0, 0.1) is 0 Å². The lowest BCUT2D eigenvalue weighted by atomic mass is 10.2. The van der Waals surface area contributed by atoms with Crippen LogP contribution in [0.1, 0.15) is 21.0 Å². The molecule has 0 unspecified atom stereocenters. The number of sulfonamides is 1. The van der Waals surface area contributed by atoms with E-state index in [1.165, 1.54) is 43.8 Å². The molecule has 0 spiro atoms. The predicted octanol–water partition coefficient (Wildman–Crippen LogP) is 2.10. The molecule has 0 bridgehead atoms. The van der Waals surface area contributed by atoms with Crippen LogP contribution < -0.4 is 4.31 Å². The van der Waals surface area contributed by atoms with Crippen LogP contribution in [0.25, 0.3) is 0 Å². The van der Waals surface area contributed by atoms with E-state index in [1.54, 1.807) is 40.1 Å². The summed E-state index contributed by atoms with van der Waals surface area (Å²) in [6.45, 7) is 1.42. The van der Waals surface area contributed by atoms with Gasteiger partial charge in [0.15, 0.2) is 5.76 Å². The number of amides is 2. The molecule has 1 aliphatic rings. The van der Waals surface area contributed by atoms with Gasteiger partial charge in [0.1, 0.15) is 5.69 Å². The van der Waals surface area contributed by atoms with E-state index in [-0.39, 0.29) is 28.2 Å². The zero-order chi connectivity index (χ0) is 22.7. The van der Waals surface area contributed by atoms with Crippen LogP contribution in [0.5, 0.6) is 0 Å². The minimum atomic E-state index is -3.77. The van der Waals surface area contributed by atoms with Gasteiger partial charge in [-0.25, -0.2) is 8.42 Å². The van der Waals surface area contributed by atoms with E-state index in [4.69, 9.17) is 4.42 Å². The number of pyridine rings is 1. The van der Waals surface area contributed by atoms with Crippen molar-refractivity contribution in [3.8, 4) is 0 Å². The fourth-order valence-corrected chi connectivity index (χ4v) is 4.66. The molecule has 3 aromatic rings. The minimum absolute atomic E-state index is 0.142. The smallest absolute Gasteiger partial charge is 0.289 e. The van der Waals surface area contributed by atoms with E-state index in [0.29, 0.717) is 31.9 Å². The molecular formula is C22H22N4O5S. The lowest BCUT2D eigenvalue weighted by Crippen LogP contribution is -2.50. The summed E-state index contributed by atoms with van der Waals surface area (Å²) in [5.41, 5.74) is 0.474. The van der Waals surface area contributed by atoms with Crippen molar-refractivity contribution in [2.24, 2.45) is 0 Å². The second-order valence-electron chi connectivity index (χ2n) is 7.25. The zero-order valence-electron chi connectivity index (χ0n) is 17.4. The standard InChI is InChI=1S/C22H22N4O5S/c1-24(32(29,30)18-6-3-2-4-7-18)17-9-10-23-19(16-17)21(27)25-11-13-26(14-12-25)22(28)20-8-5-15-31-20/h2-10,15-16H,11-14H2,1H3. The van der Waals surface area contributed by atoms with Crippen LogP contribution in [-0.2, 0) is 10.0 Å². The Balaban J connectivity index is 1.45. The average molecular weight is 455 g/mol. The Hall–Kier alpha value is -3.66. The van der Waals surface area contributed by atoms with Crippen molar-refractivity contribution in [3.63, 3.8) is 0 Å². The normalized spacial score (nSPS) is 14.3. The number of aromatic nitrogens is 1. The van der Waals surface area contributed by atoms with Crippen LogP contribution in [0.4, 0.5) is 5.69 Å². The molecule has 1 aliphatic heterocycles. The molecule has 0 atom stereocenters. The SMILES string of the molecule is CN(c1ccnc(C(=O)N2CCN(C(=O)c3ccco3)CC2)c1)S(=O)(=O)c1ccccc1. The van der Waals surface area contributed by atoms with Crippen LogP contribution in [0.3, 0.4) is 0 Å². The van der Waals surface area contributed by atoms with Crippen LogP contribution in [-0.4, -0.2) is 68.2 Å². The minimum Gasteiger partial charge on any atom is -0.459 e. The van der Waals surface area contributed by atoms with Gasteiger partial charge in [0, 0.05) is 39.4 Å². The second-order valence-corrected chi connectivity index (χ2v) is 9.22. The highest BCUT2D eigenvalue weighted by molar-refractivity contribution is 7.92. The maximum atomic E-state index is 13.0. The number of rotatable bonds is 5. The Kier molecular flexibility index (Phi) is 5.95.